The summed E-state index contributed by atoms with van der Waals surface area (Å²) in [5, 5.41) is 11.1. The highest BCUT2D eigenvalue weighted by atomic mass is 16.5. The lowest BCUT2D eigenvalue weighted by Gasteiger charge is -2.35. The molecule has 2 aromatic rings. The van der Waals surface area contributed by atoms with Crippen molar-refractivity contribution in [1.29, 1.82) is 0 Å². The van der Waals surface area contributed by atoms with E-state index in [0.29, 0.717) is 12.6 Å². The summed E-state index contributed by atoms with van der Waals surface area (Å²) in [5.41, 5.74) is 2.42. The molecule has 0 spiro atoms. The van der Waals surface area contributed by atoms with Gasteiger partial charge in [-0.25, -0.2) is 0 Å². The minimum absolute atomic E-state index is 0.307. The summed E-state index contributed by atoms with van der Waals surface area (Å²) in [6, 6.07) is 10.7. The molecule has 1 saturated heterocycles. The summed E-state index contributed by atoms with van der Waals surface area (Å²) in [5.74, 6) is 1.69. The zero-order chi connectivity index (χ0) is 19.8. The molecule has 1 atom stereocenters. The zero-order valence-corrected chi connectivity index (χ0v) is 17.2. The van der Waals surface area contributed by atoms with Gasteiger partial charge in [-0.05, 0) is 49.7 Å². The van der Waals surface area contributed by atoms with Crippen LogP contribution in [0.2, 0.25) is 0 Å². The predicted octanol–water partition coefficient (Wildman–Crippen LogP) is 2.32. The number of hydrogen-bond donors (Lipinski definition) is 2. The monoisotopic (exact) mass is 384 g/mol. The molecule has 0 amide bonds. The topological polar surface area (TPSA) is 66.7 Å². The third kappa shape index (κ3) is 5.25. The fraction of sp³-hybridized carbons (Fsp3) is 0.524. The van der Waals surface area contributed by atoms with E-state index in [1.165, 1.54) is 24.8 Å². The van der Waals surface area contributed by atoms with Gasteiger partial charge in [-0.3, -0.25) is 14.6 Å². The highest BCUT2D eigenvalue weighted by Crippen LogP contribution is 2.25. The van der Waals surface area contributed by atoms with Crippen molar-refractivity contribution in [3.05, 3.63) is 47.8 Å². The number of aryl methyl sites for hydroxylation is 1. The van der Waals surface area contributed by atoms with E-state index in [2.05, 4.69) is 37.8 Å². The van der Waals surface area contributed by atoms with E-state index in [1.54, 1.807) is 7.11 Å². The van der Waals surface area contributed by atoms with Crippen LogP contribution in [-0.2, 0) is 13.6 Å². The third-order valence-electron chi connectivity index (χ3n) is 5.38. The summed E-state index contributed by atoms with van der Waals surface area (Å²) in [6.45, 7) is 3.77. The number of nitrogens with one attached hydrogen (secondary N) is 2. The van der Waals surface area contributed by atoms with Gasteiger partial charge in [0.1, 0.15) is 5.75 Å². The van der Waals surface area contributed by atoms with Gasteiger partial charge >= 0.3 is 0 Å². The maximum absolute atomic E-state index is 5.32. The molecule has 1 fully saturated rings. The highest BCUT2D eigenvalue weighted by molar-refractivity contribution is 5.79. The van der Waals surface area contributed by atoms with Gasteiger partial charge < -0.3 is 15.4 Å². The number of rotatable bonds is 7. The van der Waals surface area contributed by atoms with E-state index in [1.807, 2.05) is 43.2 Å². The first-order valence-electron chi connectivity index (χ1n) is 10.0. The Balaban J connectivity index is 1.64. The van der Waals surface area contributed by atoms with E-state index in [-0.39, 0.29) is 0 Å². The van der Waals surface area contributed by atoms with Gasteiger partial charge in [0.15, 0.2) is 5.96 Å². The lowest BCUT2D eigenvalue weighted by Crippen LogP contribution is -2.44. The fourth-order valence-electron chi connectivity index (χ4n) is 3.68. The molecular formula is C21H32N6O. The fourth-order valence-corrected chi connectivity index (χ4v) is 3.68. The number of ether oxygens (including phenoxy) is 1. The van der Waals surface area contributed by atoms with Crippen LogP contribution in [0.4, 0.5) is 0 Å². The Kier molecular flexibility index (Phi) is 7.31. The van der Waals surface area contributed by atoms with Crippen LogP contribution in [0, 0.1) is 0 Å². The number of aliphatic imine (C=N–C) groups is 1. The molecule has 7 nitrogen and oxygen atoms in total. The van der Waals surface area contributed by atoms with Crippen molar-refractivity contribution >= 4 is 5.96 Å². The van der Waals surface area contributed by atoms with E-state index in [9.17, 15) is 0 Å². The van der Waals surface area contributed by atoms with Crippen LogP contribution < -0.4 is 15.4 Å². The van der Waals surface area contributed by atoms with Gasteiger partial charge in [0.2, 0.25) is 0 Å². The molecular weight excluding hydrogens is 352 g/mol. The highest BCUT2D eigenvalue weighted by Gasteiger charge is 2.22. The van der Waals surface area contributed by atoms with Gasteiger partial charge in [-0.15, -0.1) is 0 Å². The van der Waals surface area contributed by atoms with Crippen LogP contribution in [0.1, 0.15) is 36.6 Å². The molecule has 1 aliphatic heterocycles. The summed E-state index contributed by atoms with van der Waals surface area (Å²) >= 11 is 0. The second-order valence-electron chi connectivity index (χ2n) is 7.14. The van der Waals surface area contributed by atoms with Gasteiger partial charge in [0, 0.05) is 26.8 Å². The maximum atomic E-state index is 5.32. The van der Waals surface area contributed by atoms with Crippen LogP contribution in [0.15, 0.2) is 41.5 Å². The van der Waals surface area contributed by atoms with Gasteiger partial charge in [-0.1, -0.05) is 18.6 Å². The summed E-state index contributed by atoms with van der Waals surface area (Å²) < 4.78 is 7.19. The van der Waals surface area contributed by atoms with Gasteiger partial charge in [-0.2, -0.15) is 5.10 Å². The average Bonchev–Trinajstić information content (AvgIpc) is 3.16. The Morgan fingerprint density at radius 3 is 2.50 bits per heavy atom. The molecule has 1 aromatic heterocycles. The third-order valence-corrected chi connectivity index (χ3v) is 5.38. The summed E-state index contributed by atoms with van der Waals surface area (Å²) in [6.07, 6.45) is 5.66. The Labute approximate surface area is 167 Å². The molecule has 0 bridgehead atoms. The Hall–Kier alpha value is -2.54. The van der Waals surface area contributed by atoms with E-state index in [4.69, 9.17) is 4.74 Å². The SMILES string of the molecule is CN=C(NCc1ccnn1C)NCC(c1ccc(OC)cc1)N1CCCCC1. The summed E-state index contributed by atoms with van der Waals surface area (Å²) in [4.78, 5) is 6.96. The van der Waals surface area contributed by atoms with Crippen molar-refractivity contribution in [2.45, 2.75) is 31.8 Å². The first-order valence-corrected chi connectivity index (χ1v) is 10.0. The standard InChI is InChI=1S/C21H32N6O/c1-22-21(23-15-18-11-12-25-26(18)2)24-16-20(27-13-5-4-6-14-27)17-7-9-19(28-3)10-8-17/h7-12,20H,4-6,13-16H2,1-3H3,(H2,22,23,24). The Morgan fingerprint density at radius 2 is 1.89 bits per heavy atom. The Morgan fingerprint density at radius 1 is 1.14 bits per heavy atom. The van der Waals surface area contributed by atoms with Crippen molar-refractivity contribution in [2.75, 3.05) is 33.8 Å². The number of guanidine groups is 1. The van der Waals surface area contributed by atoms with Gasteiger partial charge in [0.05, 0.1) is 25.4 Å². The molecule has 0 radical (unpaired) electrons. The quantitative estimate of drug-likeness (QED) is 0.567. The molecule has 2 N–H and O–H groups in total. The van der Waals surface area contributed by atoms with Crippen LogP contribution in [0.3, 0.4) is 0 Å². The van der Waals surface area contributed by atoms with Crippen LogP contribution in [0.25, 0.3) is 0 Å². The van der Waals surface area contributed by atoms with E-state index in [0.717, 1.165) is 37.0 Å². The van der Waals surface area contributed by atoms with Gasteiger partial charge in [0.25, 0.3) is 0 Å². The van der Waals surface area contributed by atoms with Crippen LogP contribution >= 0.6 is 0 Å². The molecule has 0 saturated carbocycles. The molecule has 1 unspecified atom stereocenters. The van der Waals surface area contributed by atoms with Crippen molar-refractivity contribution in [2.24, 2.45) is 12.0 Å². The second kappa shape index (κ2) is 10.1. The number of hydrogen-bond acceptors (Lipinski definition) is 4. The zero-order valence-electron chi connectivity index (χ0n) is 17.2. The molecule has 152 valence electrons. The number of likely N-dealkylation sites (tertiary alicyclic amines) is 1. The first kappa shape index (κ1) is 20.2. The molecule has 2 heterocycles. The number of aromatic nitrogens is 2. The van der Waals surface area contributed by atoms with E-state index < -0.39 is 0 Å². The lowest BCUT2D eigenvalue weighted by atomic mass is 10.0. The number of nitrogens with zero attached hydrogens (tertiary/aromatic N) is 4. The summed E-state index contributed by atoms with van der Waals surface area (Å²) in [7, 11) is 5.46. The molecule has 1 aromatic carbocycles. The lowest BCUT2D eigenvalue weighted by molar-refractivity contribution is 0.164. The molecule has 7 heteroatoms. The van der Waals surface area contributed by atoms with Crippen molar-refractivity contribution in [1.82, 2.24) is 25.3 Å². The predicted molar refractivity (Wildman–Crippen MR) is 113 cm³/mol. The first-order chi connectivity index (χ1) is 13.7. The second-order valence-corrected chi connectivity index (χ2v) is 7.14. The normalized spacial score (nSPS) is 16.6. The largest absolute Gasteiger partial charge is 0.497 e. The molecule has 0 aliphatic carbocycles. The Bertz CT molecular complexity index is 749. The maximum Gasteiger partial charge on any atom is 0.191 e. The number of benzene rings is 1. The number of piperidine rings is 1. The molecule has 1 aliphatic rings. The minimum Gasteiger partial charge on any atom is -0.497 e. The minimum atomic E-state index is 0.307. The average molecular weight is 385 g/mol. The molecule has 28 heavy (non-hydrogen) atoms. The van der Waals surface area contributed by atoms with Crippen LogP contribution in [-0.4, -0.2) is 54.4 Å². The smallest absolute Gasteiger partial charge is 0.191 e. The van der Waals surface area contributed by atoms with Crippen molar-refractivity contribution < 1.29 is 4.74 Å². The molecule has 3 rings (SSSR count). The number of methoxy groups -OCH3 is 1. The van der Waals surface area contributed by atoms with Crippen LogP contribution in [0.5, 0.6) is 5.75 Å². The van der Waals surface area contributed by atoms with Crippen molar-refractivity contribution in [3.63, 3.8) is 0 Å². The van der Waals surface area contributed by atoms with Crippen molar-refractivity contribution in [3.8, 4) is 5.75 Å². The van der Waals surface area contributed by atoms with E-state index >= 15 is 0 Å².